The number of benzene rings is 1. The molecule has 3 heterocycles. The number of rotatable bonds is 3. The fourth-order valence-electron chi connectivity index (χ4n) is 3.19. The van der Waals surface area contributed by atoms with Gasteiger partial charge >= 0.3 is 6.09 Å². The number of aromatic nitrogens is 4. The summed E-state index contributed by atoms with van der Waals surface area (Å²) in [5.41, 5.74) is 2.76. The van der Waals surface area contributed by atoms with Crippen molar-refractivity contribution in [2.75, 3.05) is 6.54 Å². The molecule has 2 N–H and O–H groups in total. The van der Waals surface area contributed by atoms with E-state index in [-0.39, 0.29) is 6.04 Å². The lowest BCUT2D eigenvalue weighted by Gasteiger charge is -2.19. The second-order valence-corrected chi connectivity index (χ2v) is 7.03. The molecule has 0 bridgehead atoms. The molecule has 0 radical (unpaired) electrons. The van der Waals surface area contributed by atoms with Gasteiger partial charge in [0.15, 0.2) is 5.82 Å². The number of hydrogen-bond donors (Lipinski definition) is 2. The van der Waals surface area contributed by atoms with Crippen LogP contribution in [-0.2, 0) is 0 Å². The van der Waals surface area contributed by atoms with Gasteiger partial charge in [-0.2, -0.15) is 0 Å². The van der Waals surface area contributed by atoms with E-state index in [2.05, 4.69) is 35.9 Å². The molecule has 0 saturated carbocycles. The van der Waals surface area contributed by atoms with E-state index >= 15 is 0 Å². The standard InChI is InChI=1S/C18H16BrN5O2/c19-13-8-20-16(21-9-13)12-5-3-11(4-6-12)14-10-22-17(23-14)15-2-1-7-24(15)18(25)26/h3-6,8-10,15H,1-2,7H2,(H,22,23)(H,25,26)/t15-/m0/s1. The molecule has 4 rings (SSSR count). The molecule has 1 aromatic carbocycles. The van der Waals surface area contributed by atoms with Crippen LogP contribution in [0.3, 0.4) is 0 Å². The van der Waals surface area contributed by atoms with E-state index in [0.29, 0.717) is 18.2 Å². The zero-order chi connectivity index (χ0) is 18.1. The first-order chi connectivity index (χ1) is 12.6. The van der Waals surface area contributed by atoms with Crippen molar-refractivity contribution < 1.29 is 9.90 Å². The summed E-state index contributed by atoms with van der Waals surface area (Å²) in [4.78, 5) is 29.0. The normalized spacial score (nSPS) is 16.8. The molecule has 132 valence electrons. The zero-order valence-corrected chi connectivity index (χ0v) is 15.3. The fraction of sp³-hybridized carbons (Fsp3) is 0.222. The number of carbonyl (C=O) groups is 1. The van der Waals surface area contributed by atoms with Crippen LogP contribution in [0.25, 0.3) is 22.6 Å². The first-order valence-corrected chi connectivity index (χ1v) is 9.04. The van der Waals surface area contributed by atoms with Crippen molar-refractivity contribution in [2.45, 2.75) is 18.9 Å². The number of carboxylic acid groups (broad SMARTS) is 1. The molecule has 1 amide bonds. The minimum Gasteiger partial charge on any atom is -0.465 e. The van der Waals surface area contributed by atoms with E-state index < -0.39 is 6.09 Å². The molecule has 1 atom stereocenters. The average molecular weight is 414 g/mol. The minimum absolute atomic E-state index is 0.198. The summed E-state index contributed by atoms with van der Waals surface area (Å²) in [5.74, 6) is 1.35. The van der Waals surface area contributed by atoms with Crippen molar-refractivity contribution in [2.24, 2.45) is 0 Å². The van der Waals surface area contributed by atoms with Crippen LogP contribution in [-0.4, -0.2) is 42.6 Å². The number of nitrogens with one attached hydrogen (secondary N) is 1. The third-order valence-corrected chi connectivity index (χ3v) is 4.89. The smallest absolute Gasteiger partial charge is 0.407 e. The van der Waals surface area contributed by atoms with Crippen LogP contribution in [0.5, 0.6) is 0 Å². The van der Waals surface area contributed by atoms with Gasteiger partial charge in [-0.3, -0.25) is 4.90 Å². The Morgan fingerprint density at radius 1 is 1.12 bits per heavy atom. The molecule has 0 aliphatic carbocycles. The zero-order valence-electron chi connectivity index (χ0n) is 13.8. The van der Waals surface area contributed by atoms with Crippen LogP contribution >= 0.6 is 15.9 Å². The highest BCUT2D eigenvalue weighted by Crippen LogP contribution is 2.31. The van der Waals surface area contributed by atoms with E-state index in [9.17, 15) is 9.90 Å². The summed E-state index contributed by atoms with van der Waals surface area (Å²) < 4.78 is 0.838. The quantitative estimate of drug-likeness (QED) is 0.673. The van der Waals surface area contributed by atoms with Crippen molar-refractivity contribution >= 4 is 22.0 Å². The predicted octanol–water partition coefficient (Wildman–Crippen LogP) is 4.11. The van der Waals surface area contributed by atoms with Gasteiger partial charge in [0.25, 0.3) is 0 Å². The maximum absolute atomic E-state index is 11.3. The van der Waals surface area contributed by atoms with E-state index in [4.69, 9.17) is 0 Å². The molecular weight excluding hydrogens is 398 g/mol. The van der Waals surface area contributed by atoms with Crippen molar-refractivity contribution in [1.82, 2.24) is 24.8 Å². The lowest BCUT2D eigenvalue weighted by molar-refractivity contribution is 0.139. The minimum atomic E-state index is -0.899. The largest absolute Gasteiger partial charge is 0.465 e. The molecule has 2 aromatic heterocycles. The molecule has 1 saturated heterocycles. The number of likely N-dealkylation sites (tertiary alicyclic amines) is 1. The molecule has 1 aliphatic heterocycles. The number of nitrogens with zero attached hydrogens (tertiary/aromatic N) is 4. The van der Waals surface area contributed by atoms with E-state index in [1.807, 2.05) is 24.3 Å². The molecule has 7 nitrogen and oxygen atoms in total. The van der Waals surface area contributed by atoms with Crippen molar-refractivity contribution in [3.8, 4) is 22.6 Å². The maximum Gasteiger partial charge on any atom is 0.407 e. The Hall–Kier alpha value is -2.74. The van der Waals surface area contributed by atoms with Crippen molar-refractivity contribution in [3.05, 3.63) is 53.2 Å². The summed E-state index contributed by atoms with van der Waals surface area (Å²) in [6.07, 6.45) is 5.93. The summed E-state index contributed by atoms with van der Waals surface area (Å²) in [6, 6.07) is 7.66. The van der Waals surface area contributed by atoms with Gasteiger partial charge in [0.05, 0.1) is 22.4 Å². The lowest BCUT2D eigenvalue weighted by Crippen LogP contribution is -2.29. The molecule has 26 heavy (non-hydrogen) atoms. The summed E-state index contributed by atoms with van der Waals surface area (Å²) in [5, 5.41) is 9.29. The SMILES string of the molecule is O=C(O)N1CCC[C@H]1c1ncc(-c2ccc(-c3ncc(Br)cn3)cc2)[nH]1. The van der Waals surface area contributed by atoms with Crippen LogP contribution < -0.4 is 0 Å². The maximum atomic E-state index is 11.3. The first-order valence-electron chi connectivity index (χ1n) is 8.24. The van der Waals surface area contributed by atoms with Crippen LogP contribution in [0, 0.1) is 0 Å². The van der Waals surface area contributed by atoms with Crippen LogP contribution in [0.15, 0.2) is 47.3 Å². The summed E-state index contributed by atoms with van der Waals surface area (Å²) in [6.45, 7) is 0.553. The molecule has 3 aromatic rings. The Morgan fingerprint density at radius 2 is 1.81 bits per heavy atom. The van der Waals surface area contributed by atoms with E-state index in [0.717, 1.165) is 34.1 Å². The highest BCUT2D eigenvalue weighted by Gasteiger charge is 2.31. The van der Waals surface area contributed by atoms with Crippen LogP contribution in [0.2, 0.25) is 0 Å². The molecule has 1 aliphatic rings. The van der Waals surface area contributed by atoms with Gasteiger partial charge in [-0.15, -0.1) is 0 Å². The van der Waals surface area contributed by atoms with Gasteiger partial charge in [0.1, 0.15) is 5.82 Å². The van der Waals surface area contributed by atoms with Gasteiger partial charge in [-0.25, -0.2) is 19.7 Å². The predicted molar refractivity (Wildman–Crippen MR) is 99.5 cm³/mol. The summed E-state index contributed by atoms with van der Waals surface area (Å²) >= 11 is 3.33. The number of imidazole rings is 1. The second kappa shape index (κ2) is 6.87. The monoisotopic (exact) mass is 413 g/mol. The molecule has 1 fully saturated rings. The Bertz CT molecular complexity index is 924. The highest BCUT2D eigenvalue weighted by molar-refractivity contribution is 9.10. The van der Waals surface area contributed by atoms with Gasteiger partial charge < -0.3 is 10.1 Å². The Morgan fingerprint density at radius 3 is 2.50 bits per heavy atom. The third kappa shape index (κ3) is 3.20. The number of halogens is 1. The number of aromatic amines is 1. The van der Waals surface area contributed by atoms with Gasteiger partial charge in [-0.1, -0.05) is 24.3 Å². The Labute approximate surface area is 158 Å². The van der Waals surface area contributed by atoms with E-state index in [1.54, 1.807) is 18.6 Å². The highest BCUT2D eigenvalue weighted by atomic mass is 79.9. The molecule has 0 unspecified atom stereocenters. The number of H-pyrrole nitrogens is 1. The number of hydrogen-bond acceptors (Lipinski definition) is 4. The average Bonchev–Trinajstić information content (AvgIpc) is 3.32. The van der Waals surface area contributed by atoms with Crippen LogP contribution in [0.1, 0.15) is 24.7 Å². The van der Waals surface area contributed by atoms with Gasteiger partial charge in [0, 0.05) is 24.5 Å². The van der Waals surface area contributed by atoms with Gasteiger partial charge in [-0.05, 0) is 34.3 Å². The third-order valence-electron chi connectivity index (χ3n) is 4.48. The van der Waals surface area contributed by atoms with Crippen molar-refractivity contribution in [3.63, 3.8) is 0 Å². The molecule has 0 spiro atoms. The van der Waals surface area contributed by atoms with Gasteiger partial charge in [0.2, 0.25) is 0 Å². The lowest BCUT2D eigenvalue weighted by atomic mass is 10.1. The van der Waals surface area contributed by atoms with Crippen molar-refractivity contribution in [1.29, 1.82) is 0 Å². The second-order valence-electron chi connectivity index (χ2n) is 6.12. The molecule has 8 heteroatoms. The number of amides is 1. The fourth-order valence-corrected chi connectivity index (χ4v) is 3.40. The van der Waals surface area contributed by atoms with Crippen LogP contribution in [0.4, 0.5) is 4.79 Å². The topological polar surface area (TPSA) is 95.0 Å². The first kappa shape index (κ1) is 16.7. The Balaban J connectivity index is 1.56. The van der Waals surface area contributed by atoms with E-state index in [1.165, 1.54) is 4.90 Å². The Kier molecular flexibility index (Phi) is 4.42. The summed E-state index contributed by atoms with van der Waals surface area (Å²) in [7, 11) is 0. The molecular formula is C18H16BrN5O2.